The number of hydrogen-bond acceptors (Lipinski definition) is 5. The zero-order valence-corrected chi connectivity index (χ0v) is 15.5. The van der Waals surface area contributed by atoms with E-state index in [1.165, 1.54) is 0 Å². The highest BCUT2D eigenvalue weighted by atomic mass is 32.2. The van der Waals surface area contributed by atoms with Gasteiger partial charge >= 0.3 is 0 Å². The lowest BCUT2D eigenvalue weighted by Gasteiger charge is -2.14. The van der Waals surface area contributed by atoms with Crippen molar-refractivity contribution in [1.82, 2.24) is 9.97 Å². The van der Waals surface area contributed by atoms with Gasteiger partial charge in [0.05, 0.1) is 10.9 Å². The van der Waals surface area contributed by atoms with Crippen molar-refractivity contribution in [2.24, 2.45) is 0 Å². The number of amides is 1. The Morgan fingerprint density at radius 3 is 2.80 bits per heavy atom. The number of anilines is 1. The molecule has 2 aromatic rings. The number of thioether (sulfide) groups is 1. The molecule has 2 N–H and O–H groups in total. The molecule has 0 fully saturated rings. The van der Waals surface area contributed by atoms with Crippen LogP contribution in [0.25, 0.3) is 0 Å². The third kappa shape index (κ3) is 4.48. The molecule has 0 bridgehead atoms. The molecule has 6 nitrogen and oxygen atoms in total. The highest BCUT2D eigenvalue weighted by Crippen LogP contribution is 2.22. The van der Waals surface area contributed by atoms with Crippen molar-refractivity contribution in [3.63, 3.8) is 0 Å². The van der Waals surface area contributed by atoms with Gasteiger partial charge in [-0.1, -0.05) is 30.8 Å². The Balaban J connectivity index is 2.16. The first-order valence-corrected chi connectivity index (χ1v) is 8.81. The lowest BCUT2D eigenvalue weighted by Crippen LogP contribution is -2.24. The minimum Gasteiger partial charge on any atom is -0.325 e. The number of nitrogens with one attached hydrogen (secondary N) is 2. The Bertz CT molecular complexity index is 899. The van der Waals surface area contributed by atoms with Crippen molar-refractivity contribution in [2.75, 3.05) is 5.32 Å². The van der Waals surface area contributed by atoms with Crippen LogP contribution in [0.4, 0.5) is 5.69 Å². The normalized spacial score (nSPS) is 11.6. The van der Waals surface area contributed by atoms with Crippen LogP contribution in [-0.4, -0.2) is 21.1 Å². The first kappa shape index (κ1) is 18.7. The third-order valence-electron chi connectivity index (χ3n) is 3.73. The predicted octanol–water partition coefficient (Wildman–Crippen LogP) is 2.94. The molecule has 7 heteroatoms. The number of nitriles is 1. The van der Waals surface area contributed by atoms with Crippen LogP contribution < -0.4 is 10.9 Å². The predicted molar refractivity (Wildman–Crippen MR) is 98.8 cm³/mol. The third-order valence-corrected chi connectivity index (χ3v) is 4.71. The van der Waals surface area contributed by atoms with Crippen molar-refractivity contribution in [3.05, 3.63) is 50.9 Å². The van der Waals surface area contributed by atoms with Gasteiger partial charge in [-0.05, 0) is 44.4 Å². The fourth-order valence-electron chi connectivity index (χ4n) is 2.25. The summed E-state index contributed by atoms with van der Waals surface area (Å²) in [6.07, 6.45) is 0.476. The molecule has 130 valence electrons. The van der Waals surface area contributed by atoms with Crippen molar-refractivity contribution >= 4 is 23.4 Å². The lowest BCUT2D eigenvalue weighted by atomic mass is 10.1. The molecule has 1 aromatic heterocycles. The molecular weight excluding hydrogens is 336 g/mol. The quantitative estimate of drug-likeness (QED) is 0.634. The maximum Gasteiger partial charge on any atom is 0.269 e. The van der Waals surface area contributed by atoms with E-state index in [4.69, 9.17) is 5.26 Å². The number of nitrogens with zero attached hydrogens (tertiary/aromatic N) is 2. The van der Waals surface area contributed by atoms with E-state index >= 15 is 0 Å². The summed E-state index contributed by atoms with van der Waals surface area (Å²) in [6.45, 7) is 7.47. The Kier molecular flexibility index (Phi) is 5.99. The van der Waals surface area contributed by atoms with Crippen LogP contribution in [0.1, 0.15) is 36.2 Å². The molecular formula is C18H20N4O2S. The second-order valence-electron chi connectivity index (χ2n) is 5.73. The van der Waals surface area contributed by atoms with Crippen LogP contribution in [0, 0.1) is 25.2 Å². The maximum atomic E-state index is 12.4. The van der Waals surface area contributed by atoms with Gasteiger partial charge in [0.15, 0.2) is 5.16 Å². The molecule has 0 aliphatic heterocycles. The molecule has 2 rings (SSSR count). The number of rotatable bonds is 5. The van der Waals surface area contributed by atoms with E-state index in [-0.39, 0.29) is 11.5 Å². The van der Waals surface area contributed by atoms with Gasteiger partial charge in [0.2, 0.25) is 5.91 Å². The van der Waals surface area contributed by atoms with Gasteiger partial charge < -0.3 is 10.3 Å². The molecule has 0 spiro atoms. The zero-order valence-electron chi connectivity index (χ0n) is 14.6. The summed E-state index contributed by atoms with van der Waals surface area (Å²) in [4.78, 5) is 31.2. The summed E-state index contributed by atoms with van der Waals surface area (Å²) in [6, 6.07) is 7.73. The van der Waals surface area contributed by atoms with Crippen molar-refractivity contribution in [2.45, 2.75) is 44.5 Å². The molecule has 1 atom stereocenters. The second kappa shape index (κ2) is 7.99. The van der Waals surface area contributed by atoms with E-state index in [0.717, 1.165) is 28.6 Å². The minimum atomic E-state index is -0.473. The number of benzene rings is 1. The largest absolute Gasteiger partial charge is 0.325 e. The van der Waals surface area contributed by atoms with Gasteiger partial charge in [-0.3, -0.25) is 9.59 Å². The molecule has 1 aromatic carbocycles. The maximum absolute atomic E-state index is 12.4. The summed E-state index contributed by atoms with van der Waals surface area (Å²) in [5.41, 5.74) is 2.81. The van der Waals surface area contributed by atoms with Crippen molar-refractivity contribution in [1.29, 1.82) is 5.26 Å². The molecule has 0 saturated carbocycles. The summed E-state index contributed by atoms with van der Waals surface area (Å²) in [5, 5.41) is 11.8. The molecule has 0 aliphatic carbocycles. The average Bonchev–Trinajstić information content (AvgIpc) is 2.57. The molecule has 25 heavy (non-hydrogen) atoms. The molecule has 0 radical (unpaired) electrons. The summed E-state index contributed by atoms with van der Waals surface area (Å²) in [5.74, 6) is -0.177. The topological polar surface area (TPSA) is 98.6 Å². The lowest BCUT2D eigenvalue weighted by molar-refractivity contribution is -0.115. The highest BCUT2D eigenvalue weighted by molar-refractivity contribution is 8.00. The van der Waals surface area contributed by atoms with Gasteiger partial charge in [0.1, 0.15) is 11.6 Å². The van der Waals surface area contributed by atoms with Gasteiger partial charge in [-0.25, -0.2) is 4.98 Å². The van der Waals surface area contributed by atoms with E-state index in [0.29, 0.717) is 17.3 Å². The number of carbonyl (C=O) groups is 1. The fourth-order valence-corrected chi connectivity index (χ4v) is 3.07. The highest BCUT2D eigenvalue weighted by Gasteiger charge is 2.18. The number of aromatic amines is 1. The number of aromatic nitrogens is 2. The Hall–Kier alpha value is -2.59. The van der Waals surface area contributed by atoms with Crippen LogP contribution >= 0.6 is 11.8 Å². The van der Waals surface area contributed by atoms with E-state index in [1.807, 2.05) is 45.0 Å². The van der Waals surface area contributed by atoms with E-state index in [9.17, 15) is 9.59 Å². The Labute approximate surface area is 150 Å². The van der Waals surface area contributed by atoms with Gasteiger partial charge in [-0.15, -0.1) is 0 Å². The van der Waals surface area contributed by atoms with Crippen LogP contribution in [0.5, 0.6) is 0 Å². The van der Waals surface area contributed by atoms with Gasteiger partial charge in [0.25, 0.3) is 5.56 Å². The molecule has 0 saturated heterocycles. The first-order chi connectivity index (χ1) is 11.8. The fraction of sp³-hybridized carbons (Fsp3) is 0.333. The van der Waals surface area contributed by atoms with Gasteiger partial charge in [0, 0.05) is 5.69 Å². The number of H-pyrrole nitrogens is 1. The standard InChI is InChI=1S/C18H20N4O2S/c1-5-14-13(9-19)17(24)22-18(21-14)25-12(4)16(23)20-15-8-10(2)6-7-11(15)3/h6-8,12H,5H2,1-4H3,(H,20,23)(H,21,22,24)/t12-/m0/s1. The molecule has 1 heterocycles. The van der Waals surface area contributed by atoms with Crippen molar-refractivity contribution < 1.29 is 4.79 Å². The van der Waals surface area contributed by atoms with E-state index in [2.05, 4.69) is 15.3 Å². The average molecular weight is 356 g/mol. The monoisotopic (exact) mass is 356 g/mol. The van der Waals surface area contributed by atoms with E-state index in [1.54, 1.807) is 6.92 Å². The van der Waals surface area contributed by atoms with Crippen LogP contribution in [0.15, 0.2) is 28.2 Å². The SMILES string of the molecule is CCc1nc(S[C@@H](C)C(=O)Nc2cc(C)ccc2C)[nH]c(=O)c1C#N. The molecule has 0 unspecified atom stereocenters. The van der Waals surface area contributed by atoms with Crippen LogP contribution in [0.2, 0.25) is 0 Å². The van der Waals surface area contributed by atoms with Gasteiger partial charge in [-0.2, -0.15) is 5.26 Å². The molecule has 0 aliphatic rings. The Morgan fingerprint density at radius 1 is 1.44 bits per heavy atom. The zero-order chi connectivity index (χ0) is 18.6. The first-order valence-electron chi connectivity index (χ1n) is 7.93. The van der Waals surface area contributed by atoms with Crippen molar-refractivity contribution in [3.8, 4) is 6.07 Å². The van der Waals surface area contributed by atoms with Crippen LogP contribution in [-0.2, 0) is 11.2 Å². The number of carbonyl (C=O) groups excluding carboxylic acids is 1. The Morgan fingerprint density at radius 2 is 2.16 bits per heavy atom. The molecule has 1 amide bonds. The van der Waals surface area contributed by atoms with Crippen LogP contribution in [0.3, 0.4) is 0 Å². The summed E-state index contributed by atoms with van der Waals surface area (Å²) < 4.78 is 0. The summed E-state index contributed by atoms with van der Waals surface area (Å²) in [7, 11) is 0. The summed E-state index contributed by atoms with van der Waals surface area (Å²) >= 11 is 1.16. The number of aryl methyl sites for hydroxylation is 3. The smallest absolute Gasteiger partial charge is 0.269 e. The van der Waals surface area contributed by atoms with E-state index < -0.39 is 10.8 Å². The minimum absolute atomic E-state index is 0.0272. The second-order valence-corrected chi connectivity index (χ2v) is 7.06. The number of hydrogen-bond donors (Lipinski definition) is 2.